The van der Waals surface area contributed by atoms with Gasteiger partial charge in [0.15, 0.2) is 0 Å². The van der Waals surface area contributed by atoms with E-state index in [2.05, 4.69) is 0 Å². The molecular weight excluding hydrogens is 341 g/mol. The number of ether oxygens (including phenoxy) is 1. The summed E-state index contributed by atoms with van der Waals surface area (Å²) in [4.78, 5) is 22.7. The molecule has 2 aliphatic rings. The quantitative estimate of drug-likeness (QED) is 0.567. The van der Waals surface area contributed by atoms with Gasteiger partial charge in [-0.05, 0) is 67.3 Å². The maximum absolute atomic E-state index is 13.1. The molecule has 0 spiro atoms. The van der Waals surface area contributed by atoms with E-state index in [4.69, 9.17) is 16.3 Å². The lowest BCUT2D eigenvalue weighted by Gasteiger charge is -2.23. The van der Waals surface area contributed by atoms with E-state index < -0.39 is 16.3 Å². The number of halogens is 2. The van der Waals surface area contributed by atoms with Gasteiger partial charge in [-0.1, -0.05) is 27.6 Å². The number of benzene rings is 1. The van der Waals surface area contributed by atoms with Crippen molar-refractivity contribution in [3.63, 3.8) is 0 Å². The second-order valence-corrected chi connectivity index (χ2v) is 6.92. The van der Waals surface area contributed by atoms with E-state index in [1.54, 1.807) is 18.2 Å². The van der Waals surface area contributed by atoms with Crippen LogP contribution in [0, 0.1) is 0 Å². The van der Waals surface area contributed by atoms with Crippen LogP contribution >= 0.6 is 23.4 Å². The number of nitrogens with zero attached hydrogens (tertiary/aromatic N) is 1. The van der Waals surface area contributed by atoms with Crippen molar-refractivity contribution in [1.29, 1.82) is 0 Å². The highest BCUT2D eigenvalue weighted by atomic mass is 35.5. The fourth-order valence-electron chi connectivity index (χ4n) is 2.66. The molecule has 1 aromatic rings. The van der Waals surface area contributed by atoms with Gasteiger partial charge in [0, 0.05) is 0 Å². The van der Waals surface area contributed by atoms with E-state index in [0.29, 0.717) is 28.1 Å². The first-order chi connectivity index (χ1) is 11.0. The molecule has 1 aliphatic heterocycles. The van der Waals surface area contributed by atoms with Gasteiger partial charge in [0.1, 0.15) is 5.75 Å². The first kappa shape index (κ1) is 16.3. The summed E-state index contributed by atoms with van der Waals surface area (Å²) in [6.07, 6.45) is 7.33. The molecule has 1 aromatic carbocycles. The van der Waals surface area contributed by atoms with Gasteiger partial charge in [-0.3, -0.25) is 9.59 Å². The lowest BCUT2D eigenvalue weighted by atomic mass is 9.98. The van der Waals surface area contributed by atoms with E-state index in [1.165, 1.54) is 25.3 Å². The Morgan fingerprint density at radius 3 is 2.61 bits per heavy atom. The Hall–Kier alpha value is -1.53. The minimum Gasteiger partial charge on any atom is -0.490 e. The summed E-state index contributed by atoms with van der Waals surface area (Å²) in [5.74, 6) is -0.281. The van der Waals surface area contributed by atoms with Crippen molar-refractivity contribution in [1.82, 2.24) is 5.12 Å². The number of amides is 2. The number of thioether (sulfide) groups is 1. The summed E-state index contributed by atoms with van der Waals surface area (Å²) in [6.45, 7) is 0. The third-order valence-corrected chi connectivity index (χ3v) is 5.03. The van der Waals surface area contributed by atoms with Crippen LogP contribution in [0.1, 0.15) is 37.7 Å². The van der Waals surface area contributed by atoms with Crippen LogP contribution in [0.4, 0.5) is 9.28 Å². The Labute approximate surface area is 142 Å². The molecule has 1 aliphatic carbocycles. The molecule has 1 heterocycles. The zero-order valence-electron chi connectivity index (χ0n) is 12.3. The lowest BCUT2D eigenvalue weighted by Crippen LogP contribution is -2.19. The molecule has 0 atom stereocenters. The molecule has 3 rings (SSSR count). The molecule has 0 radical (unpaired) electrons. The fraction of sp³-hybridized carbons (Fsp3) is 0.375. The first-order valence-electron chi connectivity index (χ1n) is 7.44. The van der Waals surface area contributed by atoms with Crippen molar-refractivity contribution in [3.05, 3.63) is 33.7 Å². The van der Waals surface area contributed by atoms with Crippen LogP contribution < -0.4 is 4.74 Å². The number of carbonyl (C=O) groups is 2. The topological polar surface area (TPSA) is 46.6 Å². The molecule has 1 saturated heterocycles. The second-order valence-electron chi connectivity index (χ2n) is 5.52. The van der Waals surface area contributed by atoms with Gasteiger partial charge in [-0.15, -0.1) is 0 Å². The number of imide groups is 1. The minimum absolute atomic E-state index is 0.0142. The van der Waals surface area contributed by atoms with Crippen LogP contribution in [-0.2, 0) is 4.79 Å². The van der Waals surface area contributed by atoms with Gasteiger partial charge in [0.05, 0.1) is 16.0 Å². The molecule has 2 amide bonds. The number of hydrogen-bond acceptors (Lipinski definition) is 4. The van der Waals surface area contributed by atoms with Gasteiger partial charge >= 0.3 is 5.24 Å². The second kappa shape index (κ2) is 6.93. The highest BCUT2D eigenvalue weighted by Gasteiger charge is 2.35. The molecule has 0 unspecified atom stereocenters. The van der Waals surface area contributed by atoms with Crippen molar-refractivity contribution >= 4 is 40.6 Å². The summed E-state index contributed by atoms with van der Waals surface area (Å²) in [6, 6.07) is 5.15. The normalized spacial score (nSPS) is 21.3. The van der Waals surface area contributed by atoms with Crippen LogP contribution in [0.5, 0.6) is 5.75 Å². The zero-order chi connectivity index (χ0) is 16.4. The highest BCUT2D eigenvalue weighted by Crippen LogP contribution is 2.34. The van der Waals surface area contributed by atoms with Crippen LogP contribution in [-0.4, -0.2) is 22.4 Å². The Kier molecular flexibility index (Phi) is 4.92. The molecule has 2 fully saturated rings. The Bertz CT molecular complexity index is 673. The average molecular weight is 356 g/mol. The summed E-state index contributed by atoms with van der Waals surface area (Å²) < 4.78 is 19.0. The average Bonchev–Trinajstić information content (AvgIpc) is 2.78. The van der Waals surface area contributed by atoms with Crippen molar-refractivity contribution < 1.29 is 18.8 Å². The molecular formula is C16H15ClFNO3S. The highest BCUT2D eigenvalue weighted by molar-refractivity contribution is 8.18. The largest absolute Gasteiger partial charge is 0.490 e. The van der Waals surface area contributed by atoms with Crippen molar-refractivity contribution in [2.24, 2.45) is 0 Å². The predicted molar refractivity (Wildman–Crippen MR) is 87.9 cm³/mol. The SMILES string of the molecule is O=C1S/C(=C\c2ccc(OC3CCCCC3)cc2Cl)C(=O)N1F. The molecule has 1 saturated carbocycles. The van der Waals surface area contributed by atoms with Gasteiger partial charge < -0.3 is 4.74 Å². The van der Waals surface area contributed by atoms with Gasteiger partial charge in [0.25, 0.3) is 5.91 Å². The summed E-state index contributed by atoms with van der Waals surface area (Å²) in [7, 11) is 0. The predicted octanol–water partition coefficient (Wildman–Crippen LogP) is 4.97. The number of hydrogen-bond donors (Lipinski definition) is 0. The van der Waals surface area contributed by atoms with Crippen molar-refractivity contribution in [2.75, 3.05) is 0 Å². The molecule has 0 bridgehead atoms. The Balaban J connectivity index is 1.74. The van der Waals surface area contributed by atoms with Crippen molar-refractivity contribution in [2.45, 2.75) is 38.2 Å². The van der Waals surface area contributed by atoms with Crippen LogP contribution in [0.25, 0.3) is 6.08 Å². The third kappa shape index (κ3) is 3.70. The van der Waals surface area contributed by atoms with E-state index in [-0.39, 0.29) is 11.0 Å². The fourth-order valence-corrected chi connectivity index (χ4v) is 3.59. The molecule has 122 valence electrons. The monoisotopic (exact) mass is 355 g/mol. The lowest BCUT2D eigenvalue weighted by molar-refractivity contribution is -0.132. The Morgan fingerprint density at radius 2 is 2.00 bits per heavy atom. The van der Waals surface area contributed by atoms with E-state index >= 15 is 0 Å². The minimum atomic E-state index is -0.960. The number of carbonyl (C=O) groups excluding carboxylic acids is 2. The third-order valence-electron chi connectivity index (χ3n) is 3.86. The molecule has 7 heteroatoms. The molecule has 0 N–H and O–H groups in total. The van der Waals surface area contributed by atoms with E-state index in [1.807, 2.05) is 0 Å². The van der Waals surface area contributed by atoms with Crippen LogP contribution in [0.2, 0.25) is 5.02 Å². The van der Waals surface area contributed by atoms with E-state index in [0.717, 1.165) is 12.8 Å². The van der Waals surface area contributed by atoms with Gasteiger partial charge in [-0.25, -0.2) is 0 Å². The van der Waals surface area contributed by atoms with Crippen LogP contribution in [0.15, 0.2) is 23.1 Å². The van der Waals surface area contributed by atoms with E-state index in [9.17, 15) is 14.1 Å². The summed E-state index contributed by atoms with van der Waals surface area (Å²) >= 11 is 6.76. The summed E-state index contributed by atoms with van der Waals surface area (Å²) in [5, 5.41) is -0.941. The summed E-state index contributed by atoms with van der Waals surface area (Å²) in [5.41, 5.74) is 0.543. The number of rotatable bonds is 3. The molecule has 4 nitrogen and oxygen atoms in total. The standard InChI is InChI=1S/C16H15ClFNO3S/c17-13-9-12(22-11-4-2-1-3-5-11)7-6-10(13)8-14-15(20)19(18)16(21)23-14/h6-9,11H,1-5H2/b14-8-. The van der Waals surface area contributed by atoms with Gasteiger partial charge in [-0.2, -0.15) is 0 Å². The molecule has 23 heavy (non-hydrogen) atoms. The zero-order valence-corrected chi connectivity index (χ0v) is 13.8. The first-order valence-corrected chi connectivity index (χ1v) is 8.64. The Morgan fingerprint density at radius 1 is 1.26 bits per heavy atom. The maximum Gasteiger partial charge on any atom is 0.322 e. The van der Waals surface area contributed by atoms with Crippen LogP contribution in [0.3, 0.4) is 0 Å². The maximum atomic E-state index is 13.1. The van der Waals surface area contributed by atoms with Crippen molar-refractivity contribution in [3.8, 4) is 5.75 Å². The smallest absolute Gasteiger partial charge is 0.322 e. The van der Waals surface area contributed by atoms with Gasteiger partial charge in [0.2, 0.25) is 0 Å². The molecule has 0 aromatic heterocycles.